The molecule has 0 heterocycles. The zero-order valence-electron chi connectivity index (χ0n) is 12.2. The summed E-state index contributed by atoms with van der Waals surface area (Å²) in [5.74, 6) is -0.545. The number of nitrogens with one attached hydrogen (secondary N) is 1. The van der Waals surface area contributed by atoms with Gasteiger partial charge in [0, 0.05) is 18.4 Å². The van der Waals surface area contributed by atoms with Gasteiger partial charge in [0.25, 0.3) is 5.91 Å². The second-order valence-electron chi connectivity index (χ2n) is 4.59. The Morgan fingerprint density at radius 3 is 2.82 bits per heavy atom. The quantitative estimate of drug-likeness (QED) is 0.298. The number of phenolic OH excluding ortho intramolecular Hbond substituents is 1. The zero-order valence-corrected chi connectivity index (χ0v) is 12.2. The Kier molecular flexibility index (Phi) is 6.60. The van der Waals surface area contributed by atoms with E-state index in [0.717, 1.165) is 0 Å². The molecule has 116 valence electrons. The smallest absolute Gasteiger partial charge is 0.267 e. The number of aryl methyl sites for hydroxylation is 1. The van der Waals surface area contributed by atoms with Gasteiger partial charge in [-0.25, -0.2) is 0 Å². The van der Waals surface area contributed by atoms with E-state index in [1.54, 1.807) is 13.0 Å². The lowest BCUT2D eigenvalue weighted by Crippen LogP contribution is -2.22. The first-order valence-corrected chi connectivity index (χ1v) is 6.65. The van der Waals surface area contributed by atoms with Crippen LogP contribution in [0, 0.1) is 18.3 Å². The van der Waals surface area contributed by atoms with E-state index in [9.17, 15) is 14.7 Å². The van der Waals surface area contributed by atoms with Gasteiger partial charge < -0.3 is 21.1 Å². The van der Waals surface area contributed by atoms with Gasteiger partial charge in [-0.15, -0.1) is 0 Å². The molecule has 0 radical (unpaired) electrons. The number of amides is 2. The highest BCUT2D eigenvalue weighted by Crippen LogP contribution is 2.20. The van der Waals surface area contributed by atoms with Crippen molar-refractivity contribution in [1.82, 2.24) is 4.90 Å². The summed E-state index contributed by atoms with van der Waals surface area (Å²) in [6, 6.07) is 6.21. The average Bonchev–Trinajstić information content (AvgIpc) is 2.50. The van der Waals surface area contributed by atoms with E-state index in [1.165, 1.54) is 29.3 Å². The van der Waals surface area contributed by atoms with E-state index in [2.05, 4.69) is 5.32 Å². The fourth-order valence-corrected chi connectivity index (χ4v) is 1.70. The third-order valence-corrected chi connectivity index (χ3v) is 2.87. The number of hydrogen-bond acceptors (Lipinski definition) is 5. The lowest BCUT2D eigenvalue weighted by Gasteiger charge is -2.13. The van der Waals surface area contributed by atoms with Crippen LogP contribution in [-0.4, -0.2) is 35.4 Å². The molecule has 2 amide bonds. The summed E-state index contributed by atoms with van der Waals surface area (Å²) in [6.45, 7) is 2.44. The van der Waals surface area contributed by atoms with Crippen molar-refractivity contribution in [2.24, 2.45) is 5.73 Å². The maximum Gasteiger partial charge on any atom is 0.267 e. The number of rotatable bonds is 7. The Morgan fingerprint density at radius 2 is 2.27 bits per heavy atom. The number of benzene rings is 1. The predicted octanol–water partition coefficient (Wildman–Crippen LogP) is 0.854. The van der Waals surface area contributed by atoms with E-state index in [4.69, 9.17) is 11.0 Å². The van der Waals surface area contributed by atoms with E-state index in [-0.39, 0.29) is 11.3 Å². The Bertz CT molecular complexity index is 620. The molecule has 0 spiro atoms. The SMILES string of the molecule is Cc1cc(O)ccc1NC(=O)/C(C#N)=C\N(C=O)CCCN. The Hall–Kier alpha value is -2.85. The van der Waals surface area contributed by atoms with E-state index >= 15 is 0 Å². The molecule has 0 aromatic heterocycles. The van der Waals surface area contributed by atoms with Crippen molar-refractivity contribution in [2.45, 2.75) is 13.3 Å². The highest BCUT2D eigenvalue weighted by Gasteiger charge is 2.12. The molecular formula is C15H18N4O3. The van der Waals surface area contributed by atoms with Crippen LogP contribution in [0.5, 0.6) is 5.75 Å². The van der Waals surface area contributed by atoms with Crippen LogP contribution >= 0.6 is 0 Å². The third-order valence-electron chi connectivity index (χ3n) is 2.87. The van der Waals surface area contributed by atoms with Crippen LogP contribution in [0.4, 0.5) is 5.69 Å². The fourth-order valence-electron chi connectivity index (χ4n) is 1.70. The van der Waals surface area contributed by atoms with Gasteiger partial charge in [-0.2, -0.15) is 5.26 Å². The molecule has 0 aliphatic heterocycles. The summed E-state index contributed by atoms with van der Waals surface area (Å²) in [5, 5.41) is 21.0. The van der Waals surface area contributed by atoms with Gasteiger partial charge in [0.05, 0.1) is 0 Å². The normalized spacial score (nSPS) is 10.7. The summed E-state index contributed by atoms with van der Waals surface area (Å²) in [5.41, 5.74) is 6.29. The van der Waals surface area contributed by atoms with E-state index in [1.807, 2.05) is 0 Å². The van der Waals surface area contributed by atoms with Crippen molar-refractivity contribution in [3.8, 4) is 11.8 Å². The molecule has 7 nitrogen and oxygen atoms in total. The lowest BCUT2D eigenvalue weighted by atomic mass is 10.2. The first-order chi connectivity index (χ1) is 10.5. The number of nitriles is 1. The Balaban J connectivity index is 2.88. The summed E-state index contributed by atoms with van der Waals surface area (Å²) < 4.78 is 0. The minimum atomic E-state index is -0.629. The van der Waals surface area contributed by atoms with Crippen LogP contribution in [0.25, 0.3) is 0 Å². The molecule has 7 heteroatoms. The first kappa shape index (κ1) is 17.2. The van der Waals surface area contributed by atoms with Crippen LogP contribution in [0.2, 0.25) is 0 Å². The zero-order chi connectivity index (χ0) is 16.5. The molecule has 0 aliphatic carbocycles. The third kappa shape index (κ3) is 4.92. The maximum atomic E-state index is 12.1. The largest absolute Gasteiger partial charge is 0.508 e. The Morgan fingerprint density at radius 1 is 1.55 bits per heavy atom. The molecule has 0 aliphatic rings. The standard InChI is InChI=1S/C15H18N4O3/c1-11-7-13(21)3-4-14(11)18-15(22)12(8-17)9-19(10-20)6-2-5-16/h3-4,7,9-10,21H,2,5-6,16H2,1H3,(H,18,22)/b12-9-. The molecule has 4 N–H and O–H groups in total. The molecule has 0 unspecified atom stereocenters. The minimum absolute atomic E-state index is 0.0838. The van der Waals surface area contributed by atoms with Gasteiger partial charge in [0.2, 0.25) is 6.41 Å². The highest BCUT2D eigenvalue weighted by molar-refractivity contribution is 6.06. The Labute approximate surface area is 128 Å². The predicted molar refractivity (Wildman–Crippen MR) is 81.6 cm³/mol. The van der Waals surface area contributed by atoms with Gasteiger partial charge in [-0.3, -0.25) is 9.59 Å². The van der Waals surface area contributed by atoms with Gasteiger partial charge in [0.1, 0.15) is 17.4 Å². The number of nitrogens with two attached hydrogens (primary N) is 1. The molecule has 0 atom stereocenters. The van der Waals surface area contributed by atoms with Gasteiger partial charge in [0.15, 0.2) is 0 Å². The minimum Gasteiger partial charge on any atom is -0.508 e. The monoisotopic (exact) mass is 302 g/mol. The van der Waals surface area contributed by atoms with Gasteiger partial charge in [-0.05, 0) is 43.7 Å². The number of carbonyl (C=O) groups excluding carboxylic acids is 2. The number of hydrogen-bond donors (Lipinski definition) is 3. The summed E-state index contributed by atoms with van der Waals surface area (Å²) in [4.78, 5) is 24.2. The molecule has 0 fully saturated rings. The van der Waals surface area contributed by atoms with Gasteiger partial charge in [-0.1, -0.05) is 0 Å². The van der Waals surface area contributed by atoms with Crippen molar-refractivity contribution in [3.05, 3.63) is 35.5 Å². The van der Waals surface area contributed by atoms with Crippen molar-refractivity contribution in [3.63, 3.8) is 0 Å². The second-order valence-corrected chi connectivity index (χ2v) is 4.59. The van der Waals surface area contributed by atoms with Crippen LogP contribution in [-0.2, 0) is 9.59 Å². The summed E-state index contributed by atoms with van der Waals surface area (Å²) in [6.07, 6.45) is 2.28. The van der Waals surface area contributed by atoms with Crippen molar-refractivity contribution in [1.29, 1.82) is 5.26 Å². The van der Waals surface area contributed by atoms with Crippen LogP contribution in [0.15, 0.2) is 30.0 Å². The van der Waals surface area contributed by atoms with E-state index < -0.39 is 5.91 Å². The summed E-state index contributed by atoms with van der Waals surface area (Å²) >= 11 is 0. The summed E-state index contributed by atoms with van der Waals surface area (Å²) in [7, 11) is 0. The number of phenols is 1. The van der Waals surface area contributed by atoms with Crippen LogP contribution in [0.3, 0.4) is 0 Å². The van der Waals surface area contributed by atoms with Crippen LogP contribution in [0.1, 0.15) is 12.0 Å². The molecule has 1 aromatic carbocycles. The van der Waals surface area contributed by atoms with Crippen molar-refractivity contribution >= 4 is 18.0 Å². The van der Waals surface area contributed by atoms with Crippen LogP contribution < -0.4 is 11.1 Å². The first-order valence-electron chi connectivity index (χ1n) is 6.65. The molecule has 0 saturated heterocycles. The number of nitrogens with zero attached hydrogens (tertiary/aromatic N) is 2. The van der Waals surface area contributed by atoms with Crippen molar-refractivity contribution < 1.29 is 14.7 Å². The maximum absolute atomic E-state index is 12.1. The molecular weight excluding hydrogens is 284 g/mol. The topological polar surface area (TPSA) is 119 Å². The molecule has 1 rings (SSSR count). The fraction of sp³-hybridized carbons (Fsp3) is 0.267. The number of anilines is 1. The molecule has 0 bridgehead atoms. The van der Waals surface area contributed by atoms with E-state index in [0.29, 0.717) is 37.2 Å². The lowest BCUT2D eigenvalue weighted by molar-refractivity contribution is -0.116. The molecule has 0 saturated carbocycles. The number of aromatic hydroxyl groups is 1. The highest BCUT2D eigenvalue weighted by atomic mass is 16.3. The average molecular weight is 302 g/mol. The van der Waals surface area contributed by atoms with Crippen molar-refractivity contribution in [2.75, 3.05) is 18.4 Å². The molecule has 1 aromatic rings. The molecule has 22 heavy (non-hydrogen) atoms. The number of carbonyl (C=O) groups is 2. The van der Waals surface area contributed by atoms with Gasteiger partial charge >= 0.3 is 0 Å². The second kappa shape index (κ2) is 8.44.